The van der Waals surface area contributed by atoms with E-state index in [9.17, 15) is 22.4 Å². The van der Waals surface area contributed by atoms with Crippen LogP contribution in [-0.4, -0.2) is 37.6 Å². The van der Waals surface area contributed by atoms with E-state index in [1.165, 1.54) is 12.1 Å². The summed E-state index contributed by atoms with van der Waals surface area (Å²) in [6, 6.07) is 5.00. The molecule has 6 nitrogen and oxygen atoms in total. The Bertz CT molecular complexity index is 596. The van der Waals surface area contributed by atoms with E-state index in [0.717, 1.165) is 16.4 Å². The third-order valence-electron chi connectivity index (χ3n) is 2.57. The van der Waals surface area contributed by atoms with Gasteiger partial charge in [-0.05, 0) is 17.7 Å². The van der Waals surface area contributed by atoms with Gasteiger partial charge in [-0.15, -0.1) is 0 Å². The van der Waals surface area contributed by atoms with Crippen LogP contribution in [-0.2, 0) is 25.4 Å². The van der Waals surface area contributed by atoms with Gasteiger partial charge < -0.3 is 0 Å². The molecular formula is C11H11FN2O4S. The lowest BCUT2D eigenvalue weighted by Gasteiger charge is -2.24. The fourth-order valence-electron chi connectivity index (χ4n) is 1.69. The largest absolute Gasteiger partial charge is 0.294 e. The molecule has 1 saturated heterocycles. The molecule has 2 rings (SSSR count). The molecule has 1 aliphatic heterocycles. The first-order chi connectivity index (χ1) is 8.87. The normalized spacial score (nSPS) is 17.3. The number of piperazine rings is 1. The van der Waals surface area contributed by atoms with Crippen molar-refractivity contribution in [2.24, 2.45) is 0 Å². The van der Waals surface area contributed by atoms with E-state index in [1.54, 1.807) is 0 Å². The average molecular weight is 286 g/mol. The second-order valence-electron chi connectivity index (χ2n) is 4.12. The van der Waals surface area contributed by atoms with Crippen molar-refractivity contribution in [2.45, 2.75) is 5.75 Å². The topological polar surface area (TPSA) is 83.6 Å². The number of halogens is 1. The zero-order valence-electron chi connectivity index (χ0n) is 9.80. The summed E-state index contributed by atoms with van der Waals surface area (Å²) < 4.78 is 37.6. The van der Waals surface area contributed by atoms with E-state index in [2.05, 4.69) is 0 Å². The zero-order valence-corrected chi connectivity index (χ0v) is 10.6. The van der Waals surface area contributed by atoms with Crippen molar-refractivity contribution in [2.75, 3.05) is 13.1 Å². The molecule has 102 valence electrons. The van der Waals surface area contributed by atoms with Crippen LogP contribution in [0.4, 0.5) is 4.39 Å². The highest BCUT2D eigenvalue weighted by molar-refractivity contribution is 7.88. The van der Waals surface area contributed by atoms with Crippen molar-refractivity contribution in [3.05, 3.63) is 35.6 Å². The number of hydrogen-bond donors (Lipinski definition) is 1. The lowest BCUT2D eigenvalue weighted by molar-refractivity contribution is -0.134. The molecule has 1 aliphatic rings. The highest BCUT2D eigenvalue weighted by Crippen LogP contribution is 2.12. The van der Waals surface area contributed by atoms with Gasteiger partial charge in [-0.1, -0.05) is 12.1 Å². The number of nitrogens with zero attached hydrogens (tertiary/aromatic N) is 1. The van der Waals surface area contributed by atoms with E-state index in [4.69, 9.17) is 0 Å². The molecule has 0 radical (unpaired) electrons. The van der Waals surface area contributed by atoms with Gasteiger partial charge in [0, 0.05) is 0 Å². The Morgan fingerprint density at radius 3 is 2.16 bits per heavy atom. The summed E-state index contributed by atoms with van der Waals surface area (Å²) in [5, 5.41) is 2.02. The average Bonchev–Trinajstić information content (AvgIpc) is 2.31. The van der Waals surface area contributed by atoms with Crippen molar-refractivity contribution < 1.29 is 22.4 Å². The quantitative estimate of drug-likeness (QED) is 0.767. The minimum atomic E-state index is -3.79. The maximum atomic E-state index is 12.7. The van der Waals surface area contributed by atoms with Gasteiger partial charge in [0.25, 0.3) is 0 Å². The summed E-state index contributed by atoms with van der Waals surface area (Å²) in [4.78, 5) is 22.3. The zero-order chi connectivity index (χ0) is 14.0. The first-order valence-corrected chi connectivity index (χ1v) is 7.03. The molecule has 0 aromatic heterocycles. The SMILES string of the molecule is O=C1CN(S(=O)(=O)Cc2ccc(F)cc2)CC(=O)N1. The molecule has 1 aromatic carbocycles. The minimum Gasteiger partial charge on any atom is -0.294 e. The Morgan fingerprint density at radius 1 is 1.11 bits per heavy atom. The van der Waals surface area contributed by atoms with Crippen LogP contribution in [0.25, 0.3) is 0 Å². The molecule has 2 amide bonds. The molecule has 0 saturated carbocycles. The molecule has 8 heteroatoms. The molecule has 0 aliphatic carbocycles. The Morgan fingerprint density at radius 2 is 1.63 bits per heavy atom. The maximum absolute atomic E-state index is 12.7. The fraction of sp³-hybridized carbons (Fsp3) is 0.273. The Kier molecular flexibility index (Phi) is 3.63. The monoisotopic (exact) mass is 286 g/mol. The summed E-state index contributed by atoms with van der Waals surface area (Å²) in [5.74, 6) is -2.15. The standard InChI is InChI=1S/C11H11FN2O4S/c12-9-3-1-8(2-4-9)7-19(17,18)14-5-10(15)13-11(16)6-14/h1-4H,5-7H2,(H,13,15,16). The van der Waals surface area contributed by atoms with Gasteiger partial charge in [0.15, 0.2) is 0 Å². The Labute approximate surface area is 109 Å². The van der Waals surface area contributed by atoms with Crippen molar-refractivity contribution in [3.63, 3.8) is 0 Å². The summed E-state index contributed by atoms with van der Waals surface area (Å²) in [5.41, 5.74) is 0.389. The molecule has 1 fully saturated rings. The molecule has 19 heavy (non-hydrogen) atoms. The summed E-state index contributed by atoms with van der Waals surface area (Å²) in [7, 11) is -3.79. The second-order valence-corrected chi connectivity index (χ2v) is 6.09. The first-order valence-electron chi connectivity index (χ1n) is 5.42. The number of sulfonamides is 1. The van der Waals surface area contributed by atoms with Gasteiger partial charge in [-0.2, -0.15) is 4.31 Å². The van der Waals surface area contributed by atoms with Gasteiger partial charge >= 0.3 is 0 Å². The smallest absolute Gasteiger partial charge is 0.241 e. The summed E-state index contributed by atoms with van der Waals surface area (Å²) in [6.07, 6.45) is 0. The van der Waals surface area contributed by atoms with Crippen LogP contribution in [0.2, 0.25) is 0 Å². The van der Waals surface area contributed by atoms with Crippen molar-refractivity contribution >= 4 is 21.8 Å². The van der Waals surface area contributed by atoms with Crippen LogP contribution >= 0.6 is 0 Å². The molecule has 0 spiro atoms. The summed E-state index contributed by atoms with van der Waals surface area (Å²) in [6.45, 7) is -0.759. The fourth-order valence-corrected chi connectivity index (χ4v) is 3.11. The van der Waals surface area contributed by atoms with Gasteiger partial charge in [0.05, 0.1) is 18.8 Å². The van der Waals surface area contributed by atoms with Crippen LogP contribution in [0.15, 0.2) is 24.3 Å². The number of benzene rings is 1. The molecule has 1 N–H and O–H groups in total. The Hall–Kier alpha value is -1.80. The van der Waals surface area contributed by atoms with Gasteiger partial charge in [-0.3, -0.25) is 14.9 Å². The molecule has 0 unspecified atom stereocenters. The lowest BCUT2D eigenvalue weighted by Crippen LogP contribution is -2.53. The molecular weight excluding hydrogens is 275 g/mol. The predicted molar refractivity (Wildman–Crippen MR) is 63.7 cm³/mol. The van der Waals surface area contributed by atoms with Crippen LogP contribution < -0.4 is 5.32 Å². The second kappa shape index (κ2) is 5.06. The van der Waals surface area contributed by atoms with E-state index >= 15 is 0 Å². The molecule has 1 heterocycles. The van der Waals surface area contributed by atoms with Crippen LogP contribution in [0, 0.1) is 5.82 Å². The van der Waals surface area contributed by atoms with Crippen molar-refractivity contribution in [1.82, 2.24) is 9.62 Å². The van der Waals surface area contributed by atoms with Gasteiger partial charge in [-0.25, -0.2) is 12.8 Å². The number of hydrogen-bond acceptors (Lipinski definition) is 4. The third kappa shape index (κ3) is 3.36. The molecule has 0 atom stereocenters. The van der Waals surface area contributed by atoms with E-state index in [0.29, 0.717) is 5.56 Å². The van der Waals surface area contributed by atoms with Crippen molar-refractivity contribution in [1.29, 1.82) is 0 Å². The lowest BCUT2D eigenvalue weighted by atomic mass is 10.2. The number of rotatable bonds is 3. The maximum Gasteiger partial charge on any atom is 0.241 e. The number of carbonyl (C=O) groups is 2. The minimum absolute atomic E-state index is 0.380. The Balaban J connectivity index is 2.16. The number of imide groups is 1. The molecule has 1 aromatic rings. The van der Waals surface area contributed by atoms with E-state index < -0.39 is 27.7 Å². The van der Waals surface area contributed by atoms with Gasteiger partial charge in [0.2, 0.25) is 21.8 Å². The number of carbonyl (C=O) groups excluding carboxylic acids is 2. The number of nitrogens with one attached hydrogen (secondary N) is 1. The number of amides is 2. The molecule has 0 bridgehead atoms. The van der Waals surface area contributed by atoms with E-state index in [1.807, 2.05) is 5.32 Å². The van der Waals surface area contributed by atoms with E-state index in [-0.39, 0.29) is 18.8 Å². The summed E-state index contributed by atoms with van der Waals surface area (Å²) >= 11 is 0. The first kappa shape index (κ1) is 13.6. The van der Waals surface area contributed by atoms with Gasteiger partial charge in [0.1, 0.15) is 5.82 Å². The van der Waals surface area contributed by atoms with Crippen LogP contribution in [0.3, 0.4) is 0 Å². The van der Waals surface area contributed by atoms with Crippen molar-refractivity contribution in [3.8, 4) is 0 Å². The third-order valence-corrected chi connectivity index (χ3v) is 4.32. The highest BCUT2D eigenvalue weighted by Gasteiger charge is 2.31. The van der Waals surface area contributed by atoms with Crippen LogP contribution in [0.1, 0.15) is 5.56 Å². The predicted octanol–water partition coefficient (Wildman–Crippen LogP) is -0.386. The van der Waals surface area contributed by atoms with Crippen LogP contribution in [0.5, 0.6) is 0 Å². The highest BCUT2D eigenvalue weighted by atomic mass is 32.2.